The summed E-state index contributed by atoms with van der Waals surface area (Å²) in [6, 6.07) is 5.25. The van der Waals surface area contributed by atoms with Crippen molar-refractivity contribution in [2.45, 2.75) is 20.3 Å². The molecule has 0 radical (unpaired) electrons. The number of aromatic nitrogens is 1. The number of fused-ring (bicyclic) bond motifs is 1. The van der Waals surface area contributed by atoms with E-state index in [4.69, 9.17) is 4.42 Å². The van der Waals surface area contributed by atoms with E-state index in [1.54, 1.807) is 34.9 Å². The lowest BCUT2D eigenvalue weighted by Crippen LogP contribution is -2.53. The summed E-state index contributed by atoms with van der Waals surface area (Å²) >= 11 is 0. The van der Waals surface area contributed by atoms with Crippen LogP contribution in [-0.2, 0) is 0 Å². The minimum absolute atomic E-state index is 0.0421. The van der Waals surface area contributed by atoms with Crippen molar-refractivity contribution >= 4 is 23.0 Å². The maximum atomic E-state index is 12.6. The molecular formula is C17H22N4O3. The van der Waals surface area contributed by atoms with Crippen molar-refractivity contribution in [2.75, 3.05) is 32.7 Å². The standard InChI is InChI=1S/C17H22N4O3/c1-3-6-18-17(23)21-9-7-20(8-10-21)16(22)13-4-5-14-15(11-13)24-12(2)19-14/h4-5,11H,3,6-10H2,1-2H3,(H,18,23). The fourth-order valence-electron chi connectivity index (χ4n) is 2.81. The average Bonchev–Trinajstić information content (AvgIpc) is 2.98. The van der Waals surface area contributed by atoms with E-state index in [1.807, 2.05) is 6.92 Å². The van der Waals surface area contributed by atoms with Crippen LogP contribution in [0.3, 0.4) is 0 Å². The molecule has 0 aliphatic carbocycles. The summed E-state index contributed by atoms with van der Waals surface area (Å²) in [5.74, 6) is 0.542. The molecule has 1 aromatic carbocycles. The van der Waals surface area contributed by atoms with Gasteiger partial charge in [0.25, 0.3) is 5.91 Å². The minimum atomic E-state index is -0.0532. The van der Waals surface area contributed by atoms with E-state index in [0.29, 0.717) is 49.8 Å². The van der Waals surface area contributed by atoms with Crippen molar-refractivity contribution in [1.29, 1.82) is 0 Å². The molecule has 1 aromatic heterocycles. The second-order valence-electron chi connectivity index (χ2n) is 5.93. The first kappa shape index (κ1) is 16.3. The summed E-state index contributed by atoms with van der Waals surface area (Å²) in [6.07, 6.45) is 0.910. The lowest BCUT2D eigenvalue weighted by Gasteiger charge is -2.34. The number of carbonyl (C=O) groups is 2. The fourth-order valence-corrected chi connectivity index (χ4v) is 2.81. The van der Waals surface area contributed by atoms with Crippen LogP contribution in [0.2, 0.25) is 0 Å². The Hall–Kier alpha value is -2.57. The van der Waals surface area contributed by atoms with Crippen molar-refractivity contribution in [1.82, 2.24) is 20.1 Å². The van der Waals surface area contributed by atoms with Crippen LogP contribution in [0, 0.1) is 6.92 Å². The van der Waals surface area contributed by atoms with Crippen LogP contribution in [-0.4, -0.2) is 59.4 Å². The number of benzene rings is 1. The number of piperazine rings is 1. The number of nitrogens with one attached hydrogen (secondary N) is 1. The molecule has 2 aromatic rings. The van der Waals surface area contributed by atoms with E-state index in [2.05, 4.69) is 10.3 Å². The van der Waals surface area contributed by atoms with Gasteiger partial charge in [0.15, 0.2) is 11.5 Å². The van der Waals surface area contributed by atoms with Gasteiger partial charge in [-0.15, -0.1) is 0 Å². The summed E-state index contributed by atoms with van der Waals surface area (Å²) in [5, 5.41) is 2.86. The van der Waals surface area contributed by atoms with Gasteiger partial charge in [0.2, 0.25) is 0 Å². The third-order valence-corrected chi connectivity index (χ3v) is 4.12. The number of oxazole rings is 1. The molecule has 7 nitrogen and oxygen atoms in total. The number of rotatable bonds is 3. The Labute approximate surface area is 140 Å². The van der Waals surface area contributed by atoms with E-state index < -0.39 is 0 Å². The van der Waals surface area contributed by atoms with Gasteiger partial charge in [-0.25, -0.2) is 9.78 Å². The Morgan fingerprint density at radius 1 is 1.21 bits per heavy atom. The van der Waals surface area contributed by atoms with Gasteiger partial charge >= 0.3 is 6.03 Å². The average molecular weight is 330 g/mol. The molecule has 7 heteroatoms. The Bertz CT molecular complexity index is 747. The Balaban J connectivity index is 1.62. The molecule has 1 aliphatic heterocycles. The number of carbonyl (C=O) groups excluding carboxylic acids is 2. The van der Waals surface area contributed by atoms with Crippen molar-refractivity contribution in [3.05, 3.63) is 29.7 Å². The highest BCUT2D eigenvalue weighted by Gasteiger charge is 2.25. The number of hydrogen-bond donors (Lipinski definition) is 1. The molecule has 128 valence electrons. The monoisotopic (exact) mass is 330 g/mol. The highest BCUT2D eigenvalue weighted by atomic mass is 16.3. The molecule has 0 bridgehead atoms. The number of amides is 3. The SMILES string of the molecule is CCCNC(=O)N1CCN(C(=O)c2ccc3nc(C)oc3c2)CC1. The van der Waals surface area contributed by atoms with E-state index in [9.17, 15) is 9.59 Å². The Kier molecular flexibility index (Phi) is 4.69. The maximum Gasteiger partial charge on any atom is 0.317 e. The molecule has 24 heavy (non-hydrogen) atoms. The second-order valence-corrected chi connectivity index (χ2v) is 5.93. The van der Waals surface area contributed by atoms with Crippen LogP contribution >= 0.6 is 0 Å². The molecule has 0 unspecified atom stereocenters. The van der Waals surface area contributed by atoms with Gasteiger partial charge in [-0.2, -0.15) is 0 Å². The zero-order valence-electron chi connectivity index (χ0n) is 14.0. The first-order valence-electron chi connectivity index (χ1n) is 8.27. The molecule has 1 fully saturated rings. The van der Waals surface area contributed by atoms with Crippen molar-refractivity contribution in [3.63, 3.8) is 0 Å². The van der Waals surface area contributed by atoms with Crippen LogP contribution in [0.15, 0.2) is 22.6 Å². The fraction of sp³-hybridized carbons (Fsp3) is 0.471. The van der Waals surface area contributed by atoms with Gasteiger partial charge < -0.3 is 19.5 Å². The zero-order valence-corrected chi connectivity index (χ0v) is 14.0. The first-order valence-corrected chi connectivity index (χ1v) is 8.27. The molecule has 3 amide bonds. The number of hydrogen-bond acceptors (Lipinski definition) is 4. The summed E-state index contributed by atoms with van der Waals surface area (Å²) < 4.78 is 5.49. The molecule has 2 heterocycles. The van der Waals surface area contributed by atoms with Gasteiger partial charge in [0.1, 0.15) is 5.52 Å². The van der Waals surface area contributed by atoms with Gasteiger partial charge in [0, 0.05) is 45.2 Å². The molecule has 1 aliphatic rings. The van der Waals surface area contributed by atoms with Crippen molar-refractivity contribution in [3.8, 4) is 0 Å². The largest absolute Gasteiger partial charge is 0.441 e. The number of aryl methyl sites for hydroxylation is 1. The highest BCUT2D eigenvalue weighted by Crippen LogP contribution is 2.18. The molecule has 0 spiro atoms. The second kappa shape index (κ2) is 6.90. The van der Waals surface area contributed by atoms with Crippen LogP contribution < -0.4 is 5.32 Å². The molecule has 0 atom stereocenters. The maximum absolute atomic E-state index is 12.6. The predicted octanol–water partition coefficient (Wildman–Crippen LogP) is 2.01. The third kappa shape index (κ3) is 3.34. The summed E-state index contributed by atoms with van der Waals surface area (Å²) in [7, 11) is 0. The third-order valence-electron chi connectivity index (χ3n) is 4.12. The molecule has 1 saturated heterocycles. The molecule has 0 saturated carbocycles. The predicted molar refractivity (Wildman–Crippen MR) is 89.9 cm³/mol. The molecule has 1 N–H and O–H groups in total. The van der Waals surface area contributed by atoms with Crippen molar-refractivity contribution < 1.29 is 14.0 Å². The summed E-state index contributed by atoms with van der Waals surface area (Å²) in [5.41, 5.74) is 1.96. The summed E-state index contributed by atoms with van der Waals surface area (Å²) in [6.45, 7) is 6.64. The molecular weight excluding hydrogens is 308 g/mol. The zero-order chi connectivity index (χ0) is 17.1. The smallest absolute Gasteiger partial charge is 0.317 e. The first-order chi connectivity index (χ1) is 11.6. The van der Waals surface area contributed by atoms with E-state index in [0.717, 1.165) is 11.9 Å². The molecule has 3 rings (SSSR count). The minimum Gasteiger partial charge on any atom is -0.441 e. The lowest BCUT2D eigenvalue weighted by molar-refractivity contribution is 0.0665. The van der Waals surface area contributed by atoms with Crippen LogP contribution in [0.4, 0.5) is 4.79 Å². The number of nitrogens with zero attached hydrogens (tertiary/aromatic N) is 3. The van der Waals surface area contributed by atoms with Crippen LogP contribution in [0.25, 0.3) is 11.1 Å². The quantitative estimate of drug-likeness (QED) is 0.934. The topological polar surface area (TPSA) is 78.7 Å². The van der Waals surface area contributed by atoms with E-state index >= 15 is 0 Å². The number of urea groups is 1. The Morgan fingerprint density at radius 3 is 2.62 bits per heavy atom. The lowest BCUT2D eigenvalue weighted by atomic mass is 10.1. The van der Waals surface area contributed by atoms with Crippen LogP contribution in [0.1, 0.15) is 29.6 Å². The highest BCUT2D eigenvalue weighted by molar-refractivity contribution is 5.97. The Morgan fingerprint density at radius 2 is 1.92 bits per heavy atom. The summed E-state index contributed by atoms with van der Waals surface area (Å²) in [4.78, 5) is 32.3. The van der Waals surface area contributed by atoms with Gasteiger partial charge in [-0.3, -0.25) is 4.79 Å². The van der Waals surface area contributed by atoms with E-state index in [1.165, 1.54) is 0 Å². The van der Waals surface area contributed by atoms with E-state index in [-0.39, 0.29) is 11.9 Å². The van der Waals surface area contributed by atoms with Gasteiger partial charge in [0.05, 0.1) is 0 Å². The van der Waals surface area contributed by atoms with Crippen molar-refractivity contribution in [2.24, 2.45) is 0 Å². The van der Waals surface area contributed by atoms with Gasteiger partial charge in [-0.05, 0) is 24.6 Å². The normalized spacial score (nSPS) is 14.9. The van der Waals surface area contributed by atoms with Crippen LogP contribution in [0.5, 0.6) is 0 Å². The van der Waals surface area contributed by atoms with Gasteiger partial charge in [-0.1, -0.05) is 6.92 Å².